The van der Waals surface area contributed by atoms with Crippen LogP contribution in [0.3, 0.4) is 0 Å². The van der Waals surface area contributed by atoms with E-state index < -0.39 is 0 Å². The Morgan fingerprint density at radius 1 is 0.867 bits per heavy atom. The zero-order chi connectivity index (χ0) is 11.4. The van der Waals surface area contributed by atoms with Gasteiger partial charge in [0.15, 0.2) is 0 Å². The van der Waals surface area contributed by atoms with E-state index in [-0.39, 0.29) is 17.3 Å². The van der Waals surface area contributed by atoms with Gasteiger partial charge in [-0.1, -0.05) is 0 Å². The van der Waals surface area contributed by atoms with Crippen LogP contribution < -0.4 is 34.2 Å². The monoisotopic (exact) mass is 224 g/mol. The normalized spacial score (nSPS) is 7.73. The van der Waals surface area contributed by atoms with Crippen molar-refractivity contribution in [3.8, 4) is 0 Å². The van der Waals surface area contributed by atoms with Crippen LogP contribution in [0.15, 0.2) is 0 Å². The standard InChI is InChI=1S/C6H14N4O2.H4N2.H2O/c7-9-5(11)3-1-2-4-6(12)10-8;1-2;/h1-4,7-8H2,(H,9,11)(H,10,12);1-2H2;1H2. The maximum Gasteiger partial charge on any atom is 0.233 e. The van der Waals surface area contributed by atoms with E-state index >= 15 is 0 Å². The van der Waals surface area contributed by atoms with Crippen molar-refractivity contribution >= 4 is 11.8 Å². The minimum atomic E-state index is -0.219. The fraction of sp³-hybridized carbons (Fsp3) is 0.667. The maximum absolute atomic E-state index is 10.6. The molecule has 0 fully saturated rings. The van der Waals surface area contributed by atoms with E-state index in [0.717, 1.165) is 0 Å². The summed E-state index contributed by atoms with van der Waals surface area (Å²) in [6, 6.07) is 0. The Balaban J connectivity index is -0.000000449. The molecule has 0 aromatic carbocycles. The van der Waals surface area contributed by atoms with E-state index in [4.69, 9.17) is 11.7 Å². The summed E-state index contributed by atoms with van der Waals surface area (Å²) in [5.41, 5.74) is 4.01. The Bertz CT molecular complexity index is 147. The first-order valence-electron chi connectivity index (χ1n) is 4.03. The molecule has 0 spiro atoms. The highest BCUT2D eigenvalue weighted by Gasteiger charge is 2.00. The highest BCUT2D eigenvalue weighted by atomic mass is 16.2. The van der Waals surface area contributed by atoms with Crippen molar-refractivity contribution in [1.82, 2.24) is 10.9 Å². The molecule has 2 amide bonds. The first kappa shape index (κ1) is 19.3. The molecule has 0 bridgehead atoms. The van der Waals surface area contributed by atoms with Crippen molar-refractivity contribution in [2.45, 2.75) is 25.7 Å². The summed E-state index contributed by atoms with van der Waals surface area (Å²) < 4.78 is 0. The lowest BCUT2D eigenvalue weighted by Crippen LogP contribution is -2.30. The van der Waals surface area contributed by atoms with Crippen LogP contribution in [0.1, 0.15) is 25.7 Å². The minimum absolute atomic E-state index is 0. The lowest BCUT2D eigenvalue weighted by atomic mass is 10.2. The second-order valence-electron chi connectivity index (χ2n) is 2.34. The number of carbonyl (C=O) groups is 2. The number of nitrogens with one attached hydrogen (secondary N) is 2. The Kier molecular flexibility index (Phi) is 19.6. The number of unbranched alkanes of at least 4 members (excludes halogenated alkanes) is 1. The summed E-state index contributed by atoms with van der Waals surface area (Å²) in [6.45, 7) is 0. The molecule has 0 aromatic heterocycles. The van der Waals surface area contributed by atoms with Crippen molar-refractivity contribution in [3.63, 3.8) is 0 Å². The highest BCUT2D eigenvalue weighted by molar-refractivity contribution is 5.76. The Hall–Kier alpha value is -1.26. The zero-order valence-corrected chi connectivity index (χ0v) is 8.45. The molecule has 92 valence electrons. The van der Waals surface area contributed by atoms with Gasteiger partial charge >= 0.3 is 0 Å². The molecule has 0 aromatic rings. The van der Waals surface area contributed by atoms with E-state index in [9.17, 15) is 9.59 Å². The predicted molar refractivity (Wildman–Crippen MR) is 55.1 cm³/mol. The van der Waals surface area contributed by atoms with Gasteiger partial charge in [0.05, 0.1) is 0 Å². The van der Waals surface area contributed by atoms with E-state index in [0.29, 0.717) is 25.7 Å². The Morgan fingerprint density at radius 2 is 1.13 bits per heavy atom. The summed E-state index contributed by atoms with van der Waals surface area (Å²) in [5, 5.41) is 0. The van der Waals surface area contributed by atoms with Crippen LogP contribution in [0.25, 0.3) is 0 Å². The molecule has 15 heavy (non-hydrogen) atoms. The van der Waals surface area contributed by atoms with Crippen molar-refractivity contribution < 1.29 is 15.1 Å². The van der Waals surface area contributed by atoms with Gasteiger partial charge in [-0.25, -0.2) is 11.7 Å². The third-order valence-electron chi connectivity index (χ3n) is 1.38. The summed E-state index contributed by atoms with van der Waals surface area (Å²) in [4.78, 5) is 21.1. The second kappa shape index (κ2) is 15.2. The molecule has 0 atom stereocenters. The van der Waals surface area contributed by atoms with Gasteiger partial charge in [-0.05, 0) is 12.8 Å². The third kappa shape index (κ3) is 15.5. The average Bonchev–Trinajstić information content (AvgIpc) is 2.26. The van der Waals surface area contributed by atoms with Crippen molar-refractivity contribution in [2.24, 2.45) is 23.4 Å². The number of amides is 2. The van der Waals surface area contributed by atoms with Crippen LogP contribution in [-0.4, -0.2) is 17.3 Å². The first-order valence-corrected chi connectivity index (χ1v) is 4.03. The van der Waals surface area contributed by atoms with Crippen molar-refractivity contribution in [3.05, 3.63) is 0 Å². The molecule has 0 unspecified atom stereocenters. The Labute approximate surface area is 87.7 Å². The van der Waals surface area contributed by atoms with Crippen LogP contribution in [0.2, 0.25) is 0 Å². The molecule has 0 heterocycles. The molecule has 0 saturated carbocycles. The van der Waals surface area contributed by atoms with Gasteiger partial charge < -0.3 is 5.48 Å². The molecule has 9 heteroatoms. The van der Waals surface area contributed by atoms with E-state index in [1.807, 2.05) is 10.9 Å². The van der Waals surface area contributed by atoms with E-state index in [1.165, 1.54) is 0 Å². The molecule has 0 aliphatic rings. The summed E-state index contributed by atoms with van der Waals surface area (Å²) in [6.07, 6.45) is 1.95. The first-order chi connectivity index (χ1) is 6.70. The number of hydrogen-bond acceptors (Lipinski definition) is 6. The molecule has 0 rings (SSSR count). The van der Waals surface area contributed by atoms with E-state index in [1.54, 1.807) is 0 Å². The van der Waals surface area contributed by atoms with Gasteiger partial charge in [0.25, 0.3) is 0 Å². The number of nitrogens with two attached hydrogens (primary N) is 4. The third-order valence-corrected chi connectivity index (χ3v) is 1.38. The van der Waals surface area contributed by atoms with Crippen LogP contribution in [0.5, 0.6) is 0 Å². The fourth-order valence-corrected chi connectivity index (χ4v) is 0.715. The van der Waals surface area contributed by atoms with Crippen LogP contribution in [0.4, 0.5) is 0 Å². The lowest BCUT2D eigenvalue weighted by molar-refractivity contribution is -0.123. The second-order valence-corrected chi connectivity index (χ2v) is 2.34. The molecule has 9 nitrogen and oxygen atoms in total. The molecular formula is C6H20N6O3. The predicted octanol–water partition coefficient (Wildman–Crippen LogP) is -3.48. The summed E-state index contributed by atoms with van der Waals surface area (Å²) >= 11 is 0. The molecule has 0 radical (unpaired) electrons. The van der Waals surface area contributed by atoms with Crippen LogP contribution in [-0.2, 0) is 9.59 Å². The minimum Gasteiger partial charge on any atom is -0.412 e. The van der Waals surface area contributed by atoms with Gasteiger partial charge in [-0.2, -0.15) is 0 Å². The number of rotatable bonds is 5. The Morgan fingerprint density at radius 3 is 1.33 bits per heavy atom. The molecule has 12 N–H and O–H groups in total. The fourth-order valence-electron chi connectivity index (χ4n) is 0.715. The number of hydrazine groups is 3. The maximum atomic E-state index is 10.6. The molecule has 0 aliphatic carbocycles. The SMILES string of the molecule is NN.NNC(=O)CCCCC(=O)NN.O. The number of hydrogen-bond donors (Lipinski definition) is 6. The smallest absolute Gasteiger partial charge is 0.233 e. The molecule has 0 aliphatic heterocycles. The van der Waals surface area contributed by atoms with Crippen LogP contribution >= 0.6 is 0 Å². The highest BCUT2D eigenvalue weighted by Crippen LogP contribution is 1.98. The number of carbonyl (C=O) groups excluding carboxylic acids is 2. The van der Waals surface area contributed by atoms with Gasteiger partial charge in [-0.3, -0.25) is 32.1 Å². The van der Waals surface area contributed by atoms with E-state index in [2.05, 4.69) is 11.7 Å². The largest absolute Gasteiger partial charge is 0.412 e. The molecular weight excluding hydrogens is 204 g/mol. The van der Waals surface area contributed by atoms with Gasteiger partial charge in [0, 0.05) is 12.8 Å². The van der Waals surface area contributed by atoms with Crippen LogP contribution in [0, 0.1) is 0 Å². The molecule has 0 saturated heterocycles. The van der Waals surface area contributed by atoms with Gasteiger partial charge in [0.2, 0.25) is 11.8 Å². The van der Waals surface area contributed by atoms with Crippen molar-refractivity contribution in [2.75, 3.05) is 0 Å². The average molecular weight is 224 g/mol. The summed E-state index contributed by atoms with van der Waals surface area (Å²) in [5.74, 6) is 17.2. The lowest BCUT2D eigenvalue weighted by Gasteiger charge is -1.99. The van der Waals surface area contributed by atoms with Gasteiger partial charge in [0.1, 0.15) is 0 Å². The zero-order valence-electron chi connectivity index (χ0n) is 8.45. The summed E-state index contributed by atoms with van der Waals surface area (Å²) in [7, 11) is 0. The van der Waals surface area contributed by atoms with Gasteiger partial charge in [-0.15, -0.1) is 0 Å². The topological polar surface area (TPSA) is 194 Å². The van der Waals surface area contributed by atoms with Crippen molar-refractivity contribution in [1.29, 1.82) is 0 Å². The quantitative estimate of drug-likeness (QED) is 0.121.